The summed E-state index contributed by atoms with van der Waals surface area (Å²) in [6, 6.07) is 7.31. The molecule has 0 saturated carbocycles. The zero-order chi connectivity index (χ0) is 14.0. The fourth-order valence-corrected chi connectivity index (χ4v) is 3.01. The largest absolute Gasteiger partial charge is 0.468 e. The van der Waals surface area contributed by atoms with Gasteiger partial charge in [-0.05, 0) is 25.0 Å². The molecule has 0 amide bonds. The van der Waals surface area contributed by atoms with Gasteiger partial charge in [-0.25, -0.2) is 0 Å². The minimum atomic E-state index is -0.786. The molecule has 1 fully saturated rings. The summed E-state index contributed by atoms with van der Waals surface area (Å²) in [5, 5.41) is 13.4. The Morgan fingerprint density at radius 3 is 2.84 bits per heavy atom. The summed E-state index contributed by atoms with van der Waals surface area (Å²) in [5.74, 6) is -0.385. The topological polar surface area (TPSA) is 58.6 Å². The van der Waals surface area contributed by atoms with Crippen LogP contribution in [0.1, 0.15) is 24.9 Å². The Morgan fingerprint density at radius 2 is 2.26 bits per heavy atom. The monoisotopic (exact) mass is 283 g/mol. The smallest absolute Gasteiger partial charge is 0.325 e. The first-order valence-electron chi connectivity index (χ1n) is 6.23. The lowest BCUT2D eigenvalue weighted by atomic mass is 9.91. The number of hydrogen-bond donors (Lipinski definition) is 2. The van der Waals surface area contributed by atoms with Crippen molar-refractivity contribution in [2.75, 3.05) is 13.7 Å². The molecule has 0 aromatic heterocycles. The highest BCUT2D eigenvalue weighted by molar-refractivity contribution is 6.31. The van der Waals surface area contributed by atoms with Crippen molar-refractivity contribution in [3.05, 3.63) is 34.9 Å². The minimum Gasteiger partial charge on any atom is -0.468 e. The number of methoxy groups -OCH3 is 1. The average Bonchev–Trinajstić information content (AvgIpc) is 2.77. The van der Waals surface area contributed by atoms with Crippen molar-refractivity contribution in [2.24, 2.45) is 5.92 Å². The molecule has 2 rings (SSSR count). The van der Waals surface area contributed by atoms with E-state index in [2.05, 4.69) is 5.32 Å². The Morgan fingerprint density at radius 1 is 1.58 bits per heavy atom. The van der Waals surface area contributed by atoms with Gasteiger partial charge in [0.05, 0.1) is 7.11 Å². The molecule has 4 nitrogen and oxygen atoms in total. The van der Waals surface area contributed by atoms with Gasteiger partial charge in [-0.3, -0.25) is 10.1 Å². The van der Waals surface area contributed by atoms with Crippen LogP contribution < -0.4 is 5.32 Å². The van der Waals surface area contributed by atoms with Crippen molar-refractivity contribution in [1.29, 1.82) is 0 Å². The second-order valence-corrected chi connectivity index (χ2v) is 5.52. The number of halogens is 1. The number of carbonyl (C=O) groups excluding carboxylic acids is 1. The molecular weight excluding hydrogens is 266 g/mol. The van der Waals surface area contributed by atoms with Gasteiger partial charge in [0, 0.05) is 23.6 Å². The number of aliphatic hydroxyl groups excluding tert-OH is 1. The van der Waals surface area contributed by atoms with Gasteiger partial charge < -0.3 is 9.84 Å². The van der Waals surface area contributed by atoms with Gasteiger partial charge >= 0.3 is 5.97 Å². The van der Waals surface area contributed by atoms with E-state index in [-0.39, 0.29) is 24.5 Å². The maximum absolute atomic E-state index is 11.9. The van der Waals surface area contributed by atoms with E-state index in [9.17, 15) is 9.90 Å². The highest BCUT2D eigenvalue weighted by atomic mass is 35.5. The van der Waals surface area contributed by atoms with Crippen LogP contribution in [0.25, 0.3) is 0 Å². The van der Waals surface area contributed by atoms with Crippen molar-refractivity contribution in [2.45, 2.75) is 24.9 Å². The molecular formula is C14H18ClNO3. The van der Waals surface area contributed by atoms with Gasteiger partial charge in [-0.15, -0.1) is 0 Å². The van der Waals surface area contributed by atoms with Crippen molar-refractivity contribution >= 4 is 17.6 Å². The lowest BCUT2D eigenvalue weighted by molar-refractivity contribution is -0.147. The van der Waals surface area contributed by atoms with Gasteiger partial charge in [0.2, 0.25) is 0 Å². The summed E-state index contributed by atoms with van der Waals surface area (Å²) in [5.41, 5.74) is 0.113. The first-order chi connectivity index (χ1) is 9.01. The third-order valence-electron chi connectivity index (χ3n) is 3.73. The summed E-state index contributed by atoms with van der Waals surface area (Å²) >= 11 is 6.20. The average molecular weight is 284 g/mol. The van der Waals surface area contributed by atoms with Crippen LogP contribution >= 0.6 is 11.6 Å². The summed E-state index contributed by atoms with van der Waals surface area (Å²) < 4.78 is 4.83. The maximum Gasteiger partial charge on any atom is 0.325 e. The van der Waals surface area contributed by atoms with E-state index in [1.807, 2.05) is 18.2 Å². The number of nitrogens with one attached hydrogen (secondary N) is 1. The minimum absolute atomic E-state index is 0.00449. The highest BCUT2D eigenvalue weighted by Gasteiger charge is 2.47. The van der Waals surface area contributed by atoms with Crippen LogP contribution in [0.2, 0.25) is 5.02 Å². The van der Waals surface area contributed by atoms with Gasteiger partial charge in [0.15, 0.2) is 0 Å². The van der Waals surface area contributed by atoms with E-state index in [0.717, 1.165) is 5.56 Å². The van der Waals surface area contributed by atoms with Crippen molar-refractivity contribution in [3.8, 4) is 0 Å². The highest BCUT2D eigenvalue weighted by Crippen LogP contribution is 2.40. The Balaban J connectivity index is 2.31. The summed E-state index contributed by atoms with van der Waals surface area (Å²) in [7, 11) is 1.37. The van der Waals surface area contributed by atoms with Gasteiger partial charge in [0.1, 0.15) is 5.54 Å². The number of esters is 1. The molecule has 0 unspecified atom stereocenters. The molecule has 3 atom stereocenters. The molecule has 19 heavy (non-hydrogen) atoms. The molecule has 0 aliphatic carbocycles. The molecule has 1 aromatic carbocycles. The third kappa shape index (κ3) is 2.61. The van der Waals surface area contributed by atoms with Gasteiger partial charge in [-0.1, -0.05) is 29.8 Å². The first-order valence-corrected chi connectivity index (χ1v) is 6.61. The summed E-state index contributed by atoms with van der Waals surface area (Å²) in [6.07, 6.45) is 0.520. The lowest BCUT2D eigenvalue weighted by Gasteiger charge is -2.23. The van der Waals surface area contributed by atoms with E-state index >= 15 is 0 Å². The molecule has 104 valence electrons. The predicted octanol–water partition coefficient (Wildman–Crippen LogP) is 1.91. The number of carbonyl (C=O) groups is 1. The van der Waals surface area contributed by atoms with Crippen molar-refractivity contribution in [1.82, 2.24) is 5.32 Å². The number of hydrogen-bond acceptors (Lipinski definition) is 4. The molecule has 1 heterocycles. The quantitative estimate of drug-likeness (QED) is 0.832. The Bertz CT molecular complexity index is 480. The zero-order valence-corrected chi connectivity index (χ0v) is 11.8. The van der Waals surface area contributed by atoms with E-state index in [4.69, 9.17) is 16.3 Å². The standard InChI is InChI=1S/C14H18ClNO3/c1-14(13(18)19-2)7-9(8-17)12(16-14)10-5-3-4-6-11(10)15/h3-6,9,12,16-17H,7-8H2,1-2H3/t9-,12+,14-/m0/s1. The second kappa shape index (κ2) is 5.49. The van der Waals surface area contributed by atoms with Crippen LogP contribution in [0.3, 0.4) is 0 Å². The fraction of sp³-hybridized carbons (Fsp3) is 0.500. The zero-order valence-electron chi connectivity index (χ0n) is 11.0. The van der Waals surface area contributed by atoms with Crippen LogP contribution in [0, 0.1) is 5.92 Å². The SMILES string of the molecule is COC(=O)[C@]1(C)C[C@@H](CO)[C@H](c2ccccc2Cl)N1. The Kier molecular flexibility index (Phi) is 4.13. The van der Waals surface area contributed by atoms with Crippen LogP contribution in [0.5, 0.6) is 0 Å². The number of rotatable bonds is 3. The Labute approximate surface area is 117 Å². The maximum atomic E-state index is 11.9. The van der Waals surface area contributed by atoms with E-state index in [1.54, 1.807) is 13.0 Å². The summed E-state index contributed by atoms with van der Waals surface area (Å²) in [6.45, 7) is 1.79. The number of aliphatic hydroxyl groups is 1. The first kappa shape index (κ1) is 14.3. The summed E-state index contributed by atoms with van der Waals surface area (Å²) in [4.78, 5) is 11.9. The van der Waals surface area contributed by atoms with Crippen LogP contribution in [0.15, 0.2) is 24.3 Å². The number of ether oxygens (including phenoxy) is 1. The third-order valence-corrected chi connectivity index (χ3v) is 4.07. The van der Waals surface area contributed by atoms with Crippen LogP contribution in [-0.4, -0.2) is 30.3 Å². The van der Waals surface area contributed by atoms with Gasteiger partial charge in [-0.2, -0.15) is 0 Å². The van der Waals surface area contributed by atoms with Crippen molar-refractivity contribution < 1.29 is 14.6 Å². The second-order valence-electron chi connectivity index (χ2n) is 5.11. The van der Waals surface area contributed by atoms with Gasteiger partial charge in [0.25, 0.3) is 0 Å². The predicted molar refractivity (Wildman–Crippen MR) is 72.9 cm³/mol. The fourth-order valence-electron chi connectivity index (χ4n) is 2.76. The van der Waals surface area contributed by atoms with E-state index < -0.39 is 5.54 Å². The Hall–Kier alpha value is -1.10. The number of benzene rings is 1. The molecule has 0 bridgehead atoms. The molecule has 1 aromatic rings. The molecule has 5 heteroatoms. The molecule has 1 aliphatic rings. The molecule has 0 radical (unpaired) electrons. The van der Waals surface area contributed by atoms with E-state index in [1.165, 1.54) is 7.11 Å². The molecule has 1 aliphatic heterocycles. The molecule has 1 saturated heterocycles. The van der Waals surface area contributed by atoms with E-state index in [0.29, 0.717) is 11.4 Å². The van der Waals surface area contributed by atoms with Crippen LogP contribution in [-0.2, 0) is 9.53 Å². The normalized spacial score (nSPS) is 30.3. The molecule has 2 N–H and O–H groups in total. The van der Waals surface area contributed by atoms with Crippen LogP contribution in [0.4, 0.5) is 0 Å². The lowest BCUT2D eigenvalue weighted by Crippen LogP contribution is -2.46. The van der Waals surface area contributed by atoms with Crippen molar-refractivity contribution in [3.63, 3.8) is 0 Å². The molecule has 0 spiro atoms.